The van der Waals surface area contributed by atoms with Crippen LogP contribution in [0.3, 0.4) is 0 Å². The Labute approximate surface area is 141 Å². The predicted octanol–water partition coefficient (Wildman–Crippen LogP) is 4.47. The lowest BCUT2D eigenvalue weighted by Gasteiger charge is -2.07. The molecule has 0 fully saturated rings. The number of unbranched alkanes of at least 4 members (excludes halogenated alkanes) is 1. The molecule has 0 spiro atoms. The molecule has 0 saturated heterocycles. The molecule has 0 atom stereocenters. The fraction of sp³-hybridized carbons (Fsp3) is 0.222. The molecule has 0 aliphatic rings. The molecule has 0 aliphatic heterocycles. The third kappa shape index (κ3) is 11.6. The van der Waals surface area contributed by atoms with Crippen molar-refractivity contribution in [1.82, 2.24) is 0 Å². The average molecular weight is 334 g/mol. The molecule has 0 radical (unpaired) electrons. The standard InChI is InChI=1S/C11H14O3.C6H6.CH2O3/c1-2-3-8-14-10-7-5-4-6-9(10)11(12)13;1-2-4-6-5-3-1;2-1(3)4/h4-7H,2-3,8H2,1H3,(H,12,13);1-6H;(H2,2,3,4). The highest BCUT2D eigenvalue weighted by Gasteiger charge is 2.09. The molecule has 2 rings (SSSR count). The van der Waals surface area contributed by atoms with Gasteiger partial charge in [-0.15, -0.1) is 0 Å². The van der Waals surface area contributed by atoms with E-state index in [0.29, 0.717) is 12.4 Å². The molecule has 2 aromatic rings. The topological polar surface area (TPSA) is 104 Å². The van der Waals surface area contributed by atoms with Crippen LogP contribution in [0.4, 0.5) is 4.79 Å². The van der Waals surface area contributed by atoms with Gasteiger partial charge in [0.25, 0.3) is 0 Å². The van der Waals surface area contributed by atoms with Crippen LogP contribution in [-0.4, -0.2) is 34.1 Å². The van der Waals surface area contributed by atoms with E-state index in [2.05, 4.69) is 6.92 Å². The highest BCUT2D eigenvalue weighted by molar-refractivity contribution is 5.90. The van der Waals surface area contributed by atoms with E-state index in [4.69, 9.17) is 24.9 Å². The predicted molar refractivity (Wildman–Crippen MR) is 90.9 cm³/mol. The number of carbonyl (C=O) groups is 2. The molecular formula is C18H22O6. The first-order valence-corrected chi connectivity index (χ1v) is 7.36. The second kappa shape index (κ2) is 13.6. The van der Waals surface area contributed by atoms with Crippen LogP contribution in [0.25, 0.3) is 0 Å². The lowest BCUT2D eigenvalue weighted by atomic mass is 10.2. The van der Waals surface area contributed by atoms with Crippen molar-refractivity contribution in [3.8, 4) is 5.75 Å². The summed E-state index contributed by atoms with van der Waals surface area (Å²) in [7, 11) is 0. The van der Waals surface area contributed by atoms with Gasteiger partial charge in [-0.05, 0) is 18.6 Å². The Kier molecular flexibility index (Phi) is 11.9. The van der Waals surface area contributed by atoms with E-state index in [-0.39, 0.29) is 5.56 Å². The number of hydrogen-bond donors (Lipinski definition) is 3. The van der Waals surface area contributed by atoms with Crippen LogP contribution in [0.1, 0.15) is 30.1 Å². The largest absolute Gasteiger partial charge is 0.503 e. The first kappa shape index (κ1) is 21.0. The van der Waals surface area contributed by atoms with Crippen molar-refractivity contribution < 1.29 is 29.6 Å². The van der Waals surface area contributed by atoms with Crippen molar-refractivity contribution >= 4 is 12.1 Å². The van der Waals surface area contributed by atoms with E-state index in [1.54, 1.807) is 24.3 Å². The number of aromatic carboxylic acids is 1. The molecule has 0 aromatic heterocycles. The highest BCUT2D eigenvalue weighted by Crippen LogP contribution is 2.17. The van der Waals surface area contributed by atoms with Crippen LogP contribution < -0.4 is 4.74 Å². The molecule has 6 heteroatoms. The van der Waals surface area contributed by atoms with E-state index < -0.39 is 12.1 Å². The van der Waals surface area contributed by atoms with E-state index in [1.807, 2.05) is 36.4 Å². The monoisotopic (exact) mass is 334 g/mol. The van der Waals surface area contributed by atoms with Crippen LogP contribution in [-0.2, 0) is 0 Å². The van der Waals surface area contributed by atoms with Gasteiger partial charge in [0.2, 0.25) is 0 Å². The zero-order chi connectivity index (χ0) is 18.2. The minimum Gasteiger partial charge on any atom is -0.493 e. The van der Waals surface area contributed by atoms with Crippen molar-refractivity contribution in [3.05, 3.63) is 66.2 Å². The number of carboxylic acids is 1. The second-order valence-corrected chi connectivity index (χ2v) is 4.44. The quantitative estimate of drug-likeness (QED) is 0.697. The Balaban J connectivity index is 0.000000433. The molecule has 3 N–H and O–H groups in total. The molecule has 0 aliphatic carbocycles. The van der Waals surface area contributed by atoms with Crippen molar-refractivity contribution in [2.45, 2.75) is 19.8 Å². The zero-order valence-corrected chi connectivity index (χ0v) is 13.5. The Bertz CT molecular complexity index is 552. The van der Waals surface area contributed by atoms with Crippen LogP contribution >= 0.6 is 0 Å². The fourth-order valence-electron chi connectivity index (χ4n) is 1.48. The minimum absolute atomic E-state index is 0.226. The maximum Gasteiger partial charge on any atom is 0.503 e. The lowest BCUT2D eigenvalue weighted by Crippen LogP contribution is -2.03. The SMILES string of the molecule is CCCCOc1ccccc1C(=O)O.O=C(O)O.c1ccccc1. The Hall–Kier alpha value is -3.02. The Morgan fingerprint density at radius 2 is 1.33 bits per heavy atom. The number of para-hydroxylation sites is 1. The van der Waals surface area contributed by atoms with Gasteiger partial charge in [0, 0.05) is 0 Å². The van der Waals surface area contributed by atoms with Crippen molar-refractivity contribution in [3.63, 3.8) is 0 Å². The fourth-order valence-corrected chi connectivity index (χ4v) is 1.48. The Morgan fingerprint density at radius 1 is 0.875 bits per heavy atom. The van der Waals surface area contributed by atoms with Gasteiger partial charge in [0.15, 0.2) is 0 Å². The van der Waals surface area contributed by atoms with Crippen LogP contribution in [0.15, 0.2) is 60.7 Å². The van der Waals surface area contributed by atoms with E-state index in [0.717, 1.165) is 12.8 Å². The van der Waals surface area contributed by atoms with Gasteiger partial charge in [-0.3, -0.25) is 0 Å². The molecule has 0 heterocycles. The molecule has 0 bridgehead atoms. The summed E-state index contributed by atoms with van der Waals surface area (Å²) in [5, 5.41) is 22.8. The summed E-state index contributed by atoms with van der Waals surface area (Å²) in [5.41, 5.74) is 0.226. The molecular weight excluding hydrogens is 312 g/mol. The number of carboxylic acid groups (broad SMARTS) is 3. The number of benzene rings is 2. The van der Waals surface area contributed by atoms with Gasteiger partial charge in [-0.25, -0.2) is 9.59 Å². The number of rotatable bonds is 5. The normalized spacial score (nSPS) is 8.71. The second-order valence-electron chi connectivity index (χ2n) is 4.44. The van der Waals surface area contributed by atoms with Gasteiger partial charge < -0.3 is 20.1 Å². The third-order valence-corrected chi connectivity index (χ3v) is 2.54. The molecule has 0 amide bonds. The summed E-state index contributed by atoms with van der Waals surface area (Å²) < 4.78 is 5.36. The summed E-state index contributed by atoms with van der Waals surface area (Å²) >= 11 is 0. The Morgan fingerprint density at radius 3 is 1.75 bits per heavy atom. The van der Waals surface area contributed by atoms with Gasteiger partial charge in [-0.2, -0.15) is 0 Å². The third-order valence-electron chi connectivity index (χ3n) is 2.54. The molecule has 0 unspecified atom stereocenters. The zero-order valence-electron chi connectivity index (χ0n) is 13.5. The van der Waals surface area contributed by atoms with Gasteiger partial charge >= 0.3 is 12.1 Å². The summed E-state index contributed by atoms with van der Waals surface area (Å²) in [5.74, 6) is -0.495. The summed E-state index contributed by atoms with van der Waals surface area (Å²) in [6.45, 7) is 2.63. The summed E-state index contributed by atoms with van der Waals surface area (Å²) in [6.07, 6.45) is 0.142. The first-order chi connectivity index (χ1) is 11.5. The molecule has 130 valence electrons. The maximum absolute atomic E-state index is 10.8. The van der Waals surface area contributed by atoms with Crippen molar-refractivity contribution in [2.24, 2.45) is 0 Å². The number of hydrogen-bond acceptors (Lipinski definition) is 3. The highest BCUT2D eigenvalue weighted by atomic mass is 16.6. The van der Waals surface area contributed by atoms with Gasteiger partial charge in [-0.1, -0.05) is 61.9 Å². The molecule has 2 aromatic carbocycles. The van der Waals surface area contributed by atoms with Crippen LogP contribution in [0.2, 0.25) is 0 Å². The smallest absolute Gasteiger partial charge is 0.493 e. The van der Waals surface area contributed by atoms with Crippen LogP contribution in [0, 0.1) is 0 Å². The van der Waals surface area contributed by atoms with E-state index in [9.17, 15) is 4.79 Å². The van der Waals surface area contributed by atoms with Crippen molar-refractivity contribution in [2.75, 3.05) is 6.61 Å². The molecule has 0 saturated carbocycles. The summed E-state index contributed by atoms with van der Waals surface area (Å²) in [6, 6.07) is 18.7. The number of ether oxygens (including phenoxy) is 1. The van der Waals surface area contributed by atoms with Crippen LogP contribution in [0.5, 0.6) is 5.75 Å². The van der Waals surface area contributed by atoms with E-state index in [1.165, 1.54) is 0 Å². The molecule has 24 heavy (non-hydrogen) atoms. The first-order valence-electron chi connectivity index (χ1n) is 7.36. The van der Waals surface area contributed by atoms with Crippen molar-refractivity contribution in [1.29, 1.82) is 0 Å². The molecule has 6 nitrogen and oxygen atoms in total. The van der Waals surface area contributed by atoms with Gasteiger partial charge in [0.05, 0.1) is 6.61 Å². The minimum atomic E-state index is -1.83. The lowest BCUT2D eigenvalue weighted by molar-refractivity contribution is 0.0692. The average Bonchev–Trinajstić information content (AvgIpc) is 2.57. The van der Waals surface area contributed by atoms with Gasteiger partial charge in [0.1, 0.15) is 11.3 Å². The van der Waals surface area contributed by atoms with E-state index >= 15 is 0 Å². The maximum atomic E-state index is 10.8. The summed E-state index contributed by atoms with van der Waals surface area (Å²) in [4.78, 5) is 19.3.